The van der Waals surface area contributed by atoms with Crippen LogP contribution in [-0.4, -0.2) is 45.9 Å². The summed E-state index contributed by atoms with van der Waals surface area (Å²) >= 11 is 0. The minimum Gasteiger partial charge on any atom is -0.480 e. The number of likely N-dealkylation sites (tertiary alicyclic amines) is 1. The summed E-state index contributed by atoms with van der Waals surface area (Å²) < 4.78 is 0. The standard InChI is InChI=1S/C22H32N2O4/c1-3-4-5-6-10-13-19(25)23-22(2)14-15-24(21(22)28)18(20(26)27)16-17-11-8-7-9-12-17/h7-9,11-12,18H,3-6,10,13-16H2,1-2H3,(H,23,25)(H,26,27)/t18-,22?/m0/s1. The molecular formula is C22H32N2O4. The summed E-state index contributed by atoms with van der Waals surface area (Å²) in [6.07, 6.45) is 6.34. The first-order chi connectivity index (χ1) is 13.4. The van der Waals surface area contributed by atoms with E-state index in [1.54, 1.807) is 6.92 Å². The van der Waals surface area contributed by atoms with Crippen molar-refractivity contribution in [1.82, 2.24) is 10.2 Å². The molecule has 2 N–H and O–H groups in total. The summed E-state index contributed by atoms with van der Waals surface area (Å²) in [6, 6.07) is 8.36. The molecule has 1 aliphatic rings. The van der Waals surface area contributed by atoms with E-state index < -0.39 is 17.6 Å². The van der Waals surface area contributed by atoms with Crippen molar-refractivity contribution in [2.75, 3.05) is 6.54 Å². The topological polar surface area (TPSA) is 86.7 Å². The number of hydrogen-bond acceptors (Lipinski definition) is 3. The molecule has 1 aromatic carbocycles. The van der Waals surface area contributed by atoms with E-state index in [9.17, 15) is 19.5 Å². The van der Waals surface area contributed by atoms with Gasteiger partial charge in [0.1, 0.15) is 11.6 Å². The molecular weight excluding hydrogens is 356 g/mol. The minimum absolute atomic E-state index is 0.135. The number of nitrogens with zero attached hydrogens (tertiary/aromatic N) is 1. The summed E-state index contributed by atoms with van der Waals surface area (Å²) in [5, 5.41) is 12.5. The highest BCUT2D eigenvalue weighted by molar-refractivity contribution is 5.95. The first-order valence-electron chi connectivity index (χ1n) is 10.3. The van der Waals surface area contributed by atoms with Gasteiger partial charge in [0.05, 0.1) is 0 Å². The first-order valence-corrected chi connectivity index (χ1v) is 10.3. The highest BCUT2D eigenvalue weighted by atomic mass is 16.4. The highest BCUT2D eigenvalue weighted by Gasteiger charge is 2.47. The van der Waals surface area contributed by atoms with Crippen LogP contribution in [0.15, 0.2) is 30.3 Å². The average Bonchev–Trinajstić information content (AvgIpc) is 2.95. The Hall–Kier alpha value is -2.37. The van der Waals surface area contributed by atoms with Gasteiger partial charge in [-0.2, -0.15) is 0 Å². The second-order valence-electron chi connectivity index (χ2n) is 7.84. The van der Waals surface area contributed by atoms with Crippen molar-refractivity contribution in [1.29, 1.82) is 0 Å². The van der Waals surface area contributed by atoms with E-state index in [1.807, 2.05) is 30.3 Å². The molecule has 1 fully saturated rings. The number of hydrogen-bond donors (Lipinski definition) is 2. The maximum absolute atomic E-state index is 13.0. The zero-order valence-corrected chi connectivity index (χ0v) is 16.9. The van der Waals surface area contributed by atoms with Gasteiger partial charge in [-0.1, -0.05) is 62.9 Å². The van der Waals surface area contributed by atoms with Crippen LogP contribution >= 0.6 is 0 Å². The van der Waals surface area contributed by atoms with E-state index in [2.05, 4.69) is 12.2 Å². The van der Waals surface area contributed by atoms with Crippen LogP contribution in [0, 0.1) is 0 Å². The molecule has 0 spiro atoms. The highest BCUT2D eigenvalue weighted by Crippen LogP contribution is 2.26. The van der Waals surface area contributed by atoms with Gasteiger partial charge in [-0.05, 0) is 25.3 Å². The zero-order valence-electron chi connectivity index (χ0n) is 16.9. The van der Waals surface area contributed by atoms with Gasteiger partial charge in [0.15, 0.2) is 0 Å². The summed E-state index contributed by atoms with van der Waals surface area (Å²) in [5.74, 6) is -1.47. The Morgan fingerprint density at radius 3 is 2.50 bits per heavy atom. The van der Waals surface area contributed by atoms with Crippen molar-refractivity contribution in [3.05, 3.63) is 35.9 Å². The fourth-order valence-corrected chi connectivity index (χ4v) is 3.71. The predicted molar refractivity (Wildman–Crippen MR) is 108 cm³/mol. The molecule has 2 amide bonds. The van der Waals surface area contributed by atoms with Gasteiger partial charge in [0.25, 0.3) is 0 Å². The van der Waals surface area contributed by atoms with Gasteiger partial charge < -0.3 is 15.3 Å². The lowest BCUT2D eigenvalue weighted by Crippen LogP contribution is -2.54. The Kier molecular flexibility index (Phi) is 8.03. The molecule has 2 atom stereocenters. The average molecular weight is 389 g/mol. The van der Waals surface area contributed by atoms with Crippen molar-refractivity contribution >= 4 is 17.8 Å². The molecule has 0 saturated carbocycles. The van der Waals surface area contributed by atoms with Gasteiger partial charge in [-0.15, -0.1) is 0 Å². The molecule has 1 aromatic rings. The number of carbonyl (C=O) groups is 3. The van der Waals surface area contributed by atoms with E-state index in [1.165, 1.54) is 11.3 Å². The monoisotopic (exact) mass is 388 g/mol. The van der Waals surface area contributed by atoms with Gasteiger partial charge in [0.2, 0.25) is 11.8 Å². The fraction of sp³-hybridized carbons (Fsp3) is 0.591. The van der Waals surface area contributed by atoms with Gasteiger partial charge >= 0.3 is 5.97 Å². The molecule has 6 nitrogen and oxygen atoms in total. The molecule has 1 saturated heterocycles. The minimum atomic E-state index is -1.02. The first kappa shape index (κ1) is 21.9. The predicted octanol–water partition coefficient (Wildman–Crippen LogP) is 3.15. The van der Waals surface area contributed by atoms with Crippen LogP contribution in [0.2, 0.25) is 0 Å². The van der Waals surface area contributed by atoms with Crippen LogP contribution in [0.3, 0.4) is 0 Å². The van der Waals surface area contributed by atoms with E-state index in [4.69, 9.17) is 0 Å². The number of aliphatic carboxylic acids is 1. The van der Waals surface area contributed by atoms with E-state index in [-0.39, 0.29) is 18.2 Å². The van der Waals surface area contributed by atoms with Crippen LogP contribution in [0.1, 0.15) is 64.4 Å². The molecule has 1 aliphatic heterocycles. The summed E-state index contributed by atoms with van der Waals surface area (Å²) in [6.45, 7) is 4.18. The number of carbonyl (C=O) groups excluding carboxylic acids is 2. The molecule has 0 radical (unpaired) electrons. The van der Waals surface area contributed by atoms with Crippen LogP contribution in [0.4, 0.5) is 0 Å². The molecule has 0 aromatic heterocycles. The molecule has 0 aliphatic carbocycles. The van der Waals surface area contributed by atoms with E-state index >= 15 is 0 Å². The molecule has 2 rings (SSSR count). The van der Waals surface area contributed by atoms with Crippen molar-refractivity contribution in [3.63, 3.8) is 0 Å². The molecule has 1 unspecified atom stereocenters. The number of nitrogens with one attached hydrogen (secondary N) is 1. The number of benzene rings is 1. The number of carboxylic acids is 1. The SMILES string of the molecule is CCCCCCCC(=O)NC1(C)CCN([C@@H](Cc2ccccc2)C(=O)O)C1=O. The number of amides is 2. The molecule has 6 heteroatoms. The number of carboxylic acid groups (broad SMARTS) is 1. The van der Waals surface area contributed by atoms with E-state index in [0.29, 0.717) is 19.4 Å². The lowest BCUT2D eigenvalue weighted by molar-refractivity contribution is -0.150. The molecule has 1 heterocycles. The third-order valence-corrected chi connectivity index (χ3v) is 5.44. The van der Waals surface area contributed by atoms with E-state index in [0.717, 1.165) is 31.2 Å². The summed E-state index contributed by atoms with van der Waals surface area (Å²) in [4.78, 5) is 38.5. The van der Waals surface area contributed by atoms with Gasteiger partial charge in [0, 0.05) is 19.4 Å². The lowest BCUT2D eigenvalue weighted by Gasteiger charge is -2.28. The quantitative estimate of drug-likeness (QED) is 0.570. The van der Waals surface area contributed by atoms with Crippen LogP contribution < -0.4 is 5.32 Å². The second-order valence-corrected chi connectivity index (χ2v) is 7.84. The third kappa shape index (κ3) is 5.81. The van der Waals surface area contributed by atoms with Crippen LogP contribution in [-0.2, 0) is 20.8 Å². The molecule has 0 bridgehead atoms. The lowest BCUT2D eigenvalue weighted by atomic mass is 9.99. The zero-order chi connectivity index (χ0) is 20.6. The van der Waals surface area contributed by atoms with Crippen molar-refractivity contribution in [2.24, 2.45) is 0 Å². The third-order valence-electron chi connectivity index (χ3n) is 5.44. The van der Waals surface area contributed by atoms with Crippen LogP contribution in [0.25, 0.3) is 0 Å². The number of unbranched alkanes of at least 4 members (excludes halogenated alkanes) is 4. The molecule has 154 valence electrons. The smallest absolute Gasteiger partial charge is 0.326 e. The van der Waals surface area contributed by atoms with Crippen molar-refractivity contribution in [2.45, 2.75) is 76.8 Å². The normalized spacial score (nSPS) is 20.2. The second kappa shape index (κ2) is 10.2. The maximum atomic E-state index is 13.0. The Bertz CT molecular complexity index is 676. The van der Waals surface area contributed by atoms with Gasteiger partial charge in [-0.3, -0.25) is 9.59 Å². The molecule has 28 heavy (non-hydrogen) atoms. The number of rotatable bonds is 11. The summed E-state index contributed by atoms with van der Waals surface area (Å²) in [5.41, 5.74) is -0.155. The Labute approximate surface area is 167 Å². The van der Waals surface area contributed by atoms with Crippen molar-refractivity contribution in [3.8, 4) is 0 Å². The fourth-order valence-electron chi connectivity index (χ4n) is 3.71. The van der Waals surface area contributed by atoms with Crippen molar-refractivity contribution < 1.29 is 19.5 Å². The Balaban J connectivity index is 1.95. The maximum Gasteiger partial charge on any atom is 0.326 e. The Morgan fingerprint density at radius 1 is 1.18 bits per heavy atom. The summed E-state index contributed by atoms with van der Waals surface area (Å²) in [7, 11) is 0. The largest absolute Gasteiger partial charge is 0.480 e. The van der Waals surface area contributed by atoms with Gasteiger partial charge in [-0.25, -0.2) is 4.79 Å². The Morgan fingerprint density at radius 2 is 1.86 bits per heavy atom. The van der Waals surface area contributed by atoms with Crippen LogP contribution in [0.5, 0.6) is 0 Å².